The van der Waals surface area contributed by atoms with E-state index in [4.69, 9.17) is 4.74 Å². The van der Waals surface area contributed by atoms with E-state index in [-0.39, 0.29) is 24.0 Å². The van der Waals surface area contributed by atoms with E-state index in [0.29, 0.717) is 18.7 Å². The van der Waals surface area contributed by atoms with E-state index in [1.807, 2.05) is 51.1 Å². The van der Waals surface area contributed by atoms with Crippen molar-refractivity contribution in [2.24, 2.45) is 0 Å². The minimum Gasteiger partial charge on any atom is -0.361 e. The van der Waals surface area contributed by atoms with Gasteiger partial charge in [0.05, 0.1) is 0 Å². The Morgan fingerprint density at radius 2 is 1.82 bits per heavy atom. The third-order valence-corrected chi connectivity index (χ3v) is 3.48. The fraction of sp³-hybridized carbons (Fsp3) is 0.412. The third kappa shape index (κ3) is 3.54. The van der Waals surface area contributed by atoms with E-state index >= 15 is 0 Å². The normalized spacial score (nSPS) is 11.1. The predicted molar refractivity (Wildman–Crippen MR) is 86.2 cm³/mol. The molecule has 1 aromatic heterocycles. The lowest BCUT2D eigenvalue weighted by Gasteiger charge is -2.17. The van der Waals surface area contributed by atoms with Crippen molar-refractivity contribution in [2.45, 2.75) is 40.0 Å². The van der Waals surface area contributed by atoms with Gasteiger partial charge in [0.1, 0.15) is 6.73 Å². The van der Waals surface area contributed by atoms with Gasteiger partial charge in [0.25, 0.3) is 5.56 Å². The van der Waals surface area contributed by atoms with Crippen LogP contribution < -0.4 is 11.2 Å². The van der Waals surface area contributed by atoms with Gasteiger partial charge < -0.3 is 4.74 Å². The summed E-state index contributed by atoms with van der Waals surface area (Å²) in [6, 6.07) is 11.1. The summed E-state index contributed by atoms with van der Waals surface area (Å²) < 4.78 is 8.20. The highest BCUT2D eigenvalue weighted by Gasteiger charge is 2.13. The largest absolute Gasteiger partial charge is 0.361 e. The van der Waals surface area contributed by atoms with Crippen molar-refractivity contribution in [1.29, 1.82) is 0 Å². The van der Waals surface area contributed by atoms with Gasteiger partial charge in [-0.2, -0.15) is 0 Å². The Kier molecular flexibility index (Phi) is 5.33. The van der Waals surface area contributed by atoms with Crippen molar-refractivity contribution in [2.75, 3.05) is 6.61 Å². The van der Waals surface area contributed by atoms with Crippen LogP contribution in [0.5, 0.6) is 0 Å². The molecule has 2 aromatic rings. The molecule has 0 bridgehead atoms. The van der Waals surface area contributed by atoms with Crippen molar-refractivity contribution in [1.82, 2.24) is 9.13 Å². The Labute approximate surface area is 129 Å². The zero-order valence-corrected chi connectivity index (χ0v) is 13.3. The van der Waals surface area contributed by atoms with Gasteiger partial charge in [-0.25, -0.2) is 4.79 Å². The maximum atomic E-state index is 12.6. The summed E-state index contributed by atoms with van der Waals surface area (Å²) in [5.74, 6) is 0. The summed E-state index contributed by atoms with van der Waals surface area (Å²) in [6.45, 7) is 6.19. The molecule has 118 valence electrons. The number of rotatable bonds is 6. The fourth-order valence-corrected chi connectivity index (χ4v) is 2.38. The Morgan fingerprint density at radius 1 is 1.14 bits per heavy atom. The lowest BCUT2D eigenvalue weighted by atomic mass is 10.1. The molecule has 5 nitrogen and oxygen atoms in total. The molecule has 0 saturated heterocycles. The fourth-order valence-electron chi connectivity index (χ4n) is 2.38. The van der Waals surface area contributed by atoms with Gasteiger partial charge in [-0.15, -0.1) is 0 Å². The molecule has 0 unspecified atom stereocenters. The Hall–Kier alpha value is -2.14. The Balaban J connectivity index is 2.52. The first-order valence-corrected chi connectivity index (χ1v) is 7.51. The molecule has 0 atom stereocenters. The van der Waals surface area contributed by atoms with Gasteiger partial charge in [-0.3, -0.25) is 13.9 Å². The minimum atomic E-state index is -0.318. The van der Waals surface area contributed by atoms with Crippen molar-refractivity contribution in [3.8, 4) is 0 Å². The van der Waals surface area contributed by atoms with Gasteiger partial charge in [-0.1, -0.05) is 30.3 Å². The summed E-state index contributed by atoms with van der Waals surface area (Å²) in [4.78, 5) is 24.8. The summed E-state index contributed by atoms with van der Waals surface area (Å²) >= 11 is 0. The van der Waals surface area contributed by atoms with E-state index in [1.165, 1.54) is 15.2 Å². The summed E-state index contributed by atoms with van der Waals surface area (Å²) in [5.41, 5.74) is 1.14. The van der Waals surface area contributed by atoms with E-state index in [0.717, 1.165) is 5.56 Å². The monoisotopic (exact) mass is 302 g/mol. The highest BCUT2D eigenvalue weighted by molar-refractivity contribution is 5.21. The smallest absolute Gasteiger partial charge is 0.333 e. The minimum absolute atomic E-state index is 0.157. The summed E-state index contributed by atoms with van der Waals surface area (Å²) in [7, 11) is 0. The first-order chi connectivity index (χ1) is 10.5. The maximum Gasteiger partial charge on any atom is 0.333 e. The van der Waals surface area contributed by atoms with Crippen molar-refractivity contribution < 1.29 is 4.74 Å². The Bertz CT molecular complexity index is 730. The van der Waals surface area contributed by atoms with Crippen molar-refractivity contribution in [3.63, 3.8) is 0 Å². The number of hydrogen-bond acceptors (Lipinski definition) is 3. The molecule has 0 N–H and O–H groups in total. The van der Waals surface area contributed by atoms with Crippen LogP contribution in [0.2, 0.25) is 0 Å². The highest BCUT2D eigenvalue weighted by Crippen LogP contribution is 2.07. The molecule has 2 rings (SSSR count). The third-order valence-electron chi connectivity index (χ3n) is 3.48. The second-order valence-corrected chi connectivity index (χ2v) is 5.43. The van der Waals surface area contributed by atoms with Gasteiger partial charge >= 0.3 is 5.69 Å². The van der Waals surface area contributed by atoms with E-state index in [9.17, 15) is 9.59 Å². The molecule has 1 heterocycles. The van der Waals surface area contributed by atoms with Crippen molar-refractivity contribution >= 4 is 0 Å². The molecule has 0 saturated carbocycles. The summed E-state index contributed by atoms with van der Waals surface area (Å²) in [6.07, 6.45) is 0.525. The van der Waals surface area contributed by atoms with Crippen LogP contribution in [0.1, 0.15) is 38.1 Å². The standard InChI is InChI=1S/C17H22N2O3/c1-4-22-12-18-15(10-14-8-6-5-7-9-14)11-16(20)19(13(2)3)17(18)21/h5-9,11,13H,4,10,12H2,1-3H3. The molecular weight excluding hydrogens is 280 g/mol. The lowest BCUT2D eigenvalue weighted by molar-refractivity contribution is 0.0809. The first-order valence-electron chi connectivity index (χ1n) is 7.51. The van der Waals surface area contributed by atoms with Crippen LogP contribution in [-0.4, -0.2) is 15.7 Å². The number of ether oxygens (including phenoxy) is 1. The number of benzene rings is 1. The van der Waals surface area contributed by atoms with Crippen LogP contribution in [0.25, 0.3) is 0 Å². The number of aromatic nitrogens is 2. The molecule has 0 fully saturated rings. The SMILES string of the molecule is CCOCn1c(Cc2ccccc2)cc(=O)n(C(C)C)c1=O. The molecule has 5 heteroatoms. The zero-order chi connectivity index (χ0) is 16.1. The second-order valence-electron chi connectivity index (χ2n) is 5.43. The molecule has 0 radical (unpaired) electrons. The van der Waals surface area contributed by atoms with E-state index in [1.54, 1.807) is 0 Å². The number of hydrogen-bond donors (Lipinski definition) is 0. The maximum absolute atomic E-state index is 12.6. The lowest BCUT2D eigenvalue weighted by Crippen LogP contribution is -2.42. The second kappa shape index (κ2) is 7.22. The predicted octanol–water partition coefficient (Wildman–Crippen LogP) is 2.18. The van der Waals surface area contributed by atoms with Crippen LogP contribution >= 0.6 is 0 Å². The van der Waals surface area contributed by atoms with Crippen LogP contribution in [0.15, 0.2) is 46.0 Å². The van der Waals surface area contributed by atoms with Crippen molar-refractivity contribution in [3.05, 3.63) is 68.5 Å². The molecule has 0 aliphatic heterocycles. The summed E-state index contributed by atoms with van der Waals surface area (Å²) in [5, 5.41) is 0. The van der Waals surface area contributed by atoms with Crippen LogP contribution in [0.4, 0.5) is 0 Å². The van der Waals surface area contributed by atoms with E-state index < -0.39 is 0 Å². The van der Waals surface area contributed by atoms with Gasteiger partial charge in [-0.05, 0) is 26.3 Å². The van der Waals surface area contributed by atoms with Crippen LogP contribution in [0, 0.1) is 0 Å². The van der Waals surface area contributed by atoms with E-state index in [2.05, 4.69) is 0 Å². The molecule has 1 aromatic carbocycles. The highest BCUT2D eigenvalue weighted by atomic mass is 16.5. The average Bonchev–Trinajstić information content (AvgIpc) is 2.47. The average molecular weight is 302 g/mol. The van der Waals surface area contributed by atoms with Crippen LogP contribution in [0.3, 0.4) is 0 Å². The van der Waals surface area contributed by atoms with Gasteiger partial charge in [0.15, 0.2) is 0 Å². The molecule has 0 spiro atoms. The zero-order valence-electron chi connectivity index (χ0n) is 13.3. The topological polar surface area (TPSA) is 53.2 Å². The Morgan fingerprint density at radius 3 is 2.41 bits per heavy atom. The molecule has 0 aliphatic rings. The molecule has 0 aliphatic carbocycles. The molecular formula is C17H22N2O3. The number of nitrogens with zero attached hydrogens (tertiary/aromatic N) is 2. The quantitative estimate of drug-likeness (QED) is 0.822. The van der Waals surface area contributed by atoms with Gasteiger partial charge in [0.2, 0.25) is 0 Å². The van der Waals surface area contributed by atoms with Gasteiger partial charge in [0, 0.05) is 30.8 Å². The van der Waals surface area contributed by atoms with Crippen LogP contribution in [-0.2, 0) is 17.9 Å². The first kappa shape index (κ1) is 16.2. The molecule has 0 amide bonds. The molecule has 22 heavy (non-hydrogen) atoms.